The molecule has 1 aromatic rings. The van der Waals surface area contributed by atoms with Gasteiger partial charge in [-0.1, -0.05) is 6.92 Å². The topological polar surface area (TPSA) is 58.0 Å². The Morgan fingerprint density at radius 3 is 2.60 bits per heavy atom. The average molecular weight is 209 g/mol. The summed E-state index contributed by atoms with van der Waals surface area (Å²) >= 11 is 0. The van der Waals surface area contributed by atoms with Gasteiger partial charge in [0, 0.05) is 18.0 Å². The van der Waals surface area contributed by atoms with E-state index in [9.17, 15) is 5.11 Å². The number of nitrogens with one attached hydrogen (secondary N) is 1. The number of aliphatic hydroxyl groups is 1. The number of aromatic nitrogens is 2. The lowest BCUT2D eigenvalue weighted by atomic mass is 9.95. The maximum absolute atomic E-state index is 10.2. The van der Waals surface area contributed by atoms with E-state index < -0.39 is 5.60 Å². The van der Waals surface area contributed by atoms with E-state index in [-0.39, 0.29) is 0 Å². The zero-order valence-electron chi connectivity index (χ0n) is 9.40. The molecule has 84 valence electrons. The molecule has 15 heavy (non-hydrogen) atoms. The van der Waals surface area contributed by atoms with Crippen LogP contribution >= 0.6 is 0 Å². The van der Waals surface area contributed by atoms with Crippen LogP contribution in [0.3, 0.4) is 0 Å². The van der Waals surface area contributed by atoms with Crippen LogP contribution in [0.4, 0.5) is 0 Å². The Kier molecular flexibility index (Phi) is 4.65. The van der Waals surface area contributed by atoms with E-state index >= 15 is 0 Å². The predicted octanol–water partition coefficient (Wildman–Crippen LogP) is 1.07. The van der Waals surface area contributed by atoms with E-state index in [2.05, 4.69) is 22.2 Å². The first-order valence-electron chi connectivity index (χ1n) is 5.35. The second-order valence-electron chi connectivity index (χ2n) is 3.90. The molecule has 0 aliphatic heterocycles. The first-order chi connectivity index (χ1) is 7.17. The molecule has 0 aliphatic carbocycles. The minimum absolute atomic E-state index is 0.667. The summed E-state index contributed by atoms with van der Waals surface area (Å²) in [6, 6.07) is 0. The molecule has 0 spiro atoms. The molecule has 0 saturated heterocycles. The average Bonchev–Trinajstić information content (AvgIpc) is 2.26. The third-order valence-corrected chi connectivity index (χ3v) is 2.40. The highest BCUT2D eigenvalue weighted by atomic mass is 16.3. The van der Waals surface area contributed by atoms with Crippen molar-refractivity contribution in [1.82, 2.24) is 15.3 Å². The van der Waals surface area contributed by atoms with Gasteiger partial charge in [0.15, 0.2) is 0 Å². The SMILES string of the molecule is CCCNCCC(C)(O)c1cncnc1. The van der Waals surface area contributed by atoms with Gasteiger partial charge in [0.1, 0.15) is 6.33 Å². The standard InChI is InChI=1S/C11H19N3O/c1-3-5-12-6-4-11(2,15)10-7-13-9-14-8-10/h7-9,12,15H,3-6H2,1-2H3. The molecule has 1 atom stereocenters. The third-order valence-electron chi connectivity index (χ3n) is 2.40. The number of hydrogen-bond acceptors (Lipinski definition) is 4. The summed E-state index contributed by atoms with van der Waals surface area (Å²) in [7, 11) is 0. The Balaban J connectivity index is 2.45. The fourth-order valence-electron chi connectivity index (χ4n) is 1.36. The Morgan fingerprint density at radius 1 is 1.33 bits per heavy atom. The van der Waals surface area contributed by atoms with E-state index in [4.69, 9.17) is 0 Å². The van der Waals surface area contributed by atoms with Gasteiger partial charge in [0.2, 0.25) is 0 Å². The van der Waals surface area contributed by atoms with Crippen molar-refractivity contribution in [1.29, 1.82) is 0 Å². The molecule has 1 heterocycles. The Hall–Kier alpha value is -1.00. The first-order valence-corrected chi connectivity index (χ1v) is 5.35. The van der Waals surface area contributed by atoms with Gasteiger partial charge in [0.25, 0.3) is 0 Å². The summed E-state index contributed by atoms with van der Waals surface area (Å²) in [5.74, 6) is 0. The van der Waals surface area contributed by atoms with Crippen LogP contribution in [0.2, 0.25) is 0 Å². The van der Waals surface area contributed by atoms with Crippen molar-refractivity contribution in [2.75, 3.05) is 13.1 Å². The number of rotatable bonds is 6. The molecule has 0 amide bonds. The maximum Gasteiger partial charge on any atom is 0.115 e. The smallest absolute Gasteiger partial charge is 0.115 e. The number of nitrogens with zero attached hydrogens (tertiary/aromatic N) is 2. The van der Waals surface area contributed by atoms with Crippen molar-refractivity contribution < 1.29 is 5.11 Å². The zero-order valence-corrected chi connectivity index (χ0v) is 9.40. The molecule has 0 radical (unpaired) electrons. The lowest BCUT2D eigenvalue weighted by Crippen LogP contribution is -2.28. The van der Waals surface area contributed by atoms with Gasteiger partial charge < -0.3 is 10.4 Å². The molecule has 1 aromatic heterocycles. The highest BCUT2D eigenvalue weighted by Crippen LogP contribution is 2.21. The molecule has 0 aromatic carbocycles. The summed E-state index contributed by atoms with van der Waals surface area (Å²) < 4.78 is 0. The van der Waals surface area contributed by atoms with Crippen LogP contribution < -0.4 is 5.32 Å². The summed E-state index contributed by atoms with van der Waals surface area (Å²) in [4.78, 5) is 7.81. The molecule has 0 saturated carbocycles. The Labute approximate surface area is 90.8 Å². The normalized spacial score (nSPS) is 14.9. The van der Waals surface area contributed by atoms with Crippen LogP contribution in [0.15, 0.2) is 18.7 Å². The van der Waals surface area contributed by atoms with Gasteiger partial charge in [-0.15, -0.1) is 0 Å². The fraction of sp³-hybridized carbons (Fsp3) is 0.636. The van der Waals surface area contributed by atoms with Crippen molar-refractivity contribution >= 4 is 0 Å². The minimum atomic E-state index is -0.845. The first kappa shape index (κ1) is 12.1. The summed E-state index contributed by atoms with van der Waals surface area (Å²) in [6.07, 6.45) is 6.56. The lowest BCUT2D eigenvalue weighted by Gasteiger charge is -2.22. The van der Waals surface area contributed by atoms with Crippen molar-refractivity contribution in [3.8, 4) is 0 Å². The van der Waals surface area contributed by atoms with Gasteiger partial charge in [-0.05, 0) is 32.9 Å². The van der Waals surface area contributed by atoms with E-state index in [1.54, 1.807) is 19.3 Å². The van der Waals surface area contributed by atoms with Crippen molar-refractivity contribution in [2.24, 2.45) is 0 Å². The van der Waals surface area contributed by atoms with Gasteiger partial charge in [-0.3, -0.25) is 0 Å². The van der Waals surface area contributed by atoms with Crippen molar-refractivity contribution in [3.63, 3.8) is 0 Å². The highest BCUT2D eigenvalue weighted by Gasteiger charge is 2.22. The van der Waals surface area contributed by atoms with E-state index in [1.807, 2.05) is 0 Å². The monoisotopic (exact) mass is 209 g/mol. The Morgan fingerprint density at radius 2 is 2.00 bits per heavy atom. The molecule has 4 nitrogen and oxygen atoms in total. The molecule has 2 N–H and O–H groups in total. The number of hydrogen-bond donors (Lipinski definition) is 2. The molecule has 4 heteroatoms. The molecule has 1 unspecified atom stereocenters. The second-order valence-corrected chi connectivity index (χ2v) is 3.90. The molecular weight excluding hydrogens is 190 g/mol. The zero-order chi connectivity index (χ0) is 11.1. The van der Waals surface area contributed by atoms with E-state index in [0.717, 1.165) is 25.1 Å². The fourth-order valence-corrected chi connectivity index (χ4v) is 1.36. The van der Waals surface area contributed by atoms with Gasteiger partial charge in [-0.2, -0.15) is 0 Å². The lowest BCUT2D eigenvalue weighted by molar-refractivity contribution is 0.0473. The highest BCUT2D eigenvalue weighted by molar-refractivity contribution is 5.12. The summed E-state index contributed by atoms with van der Waals surface area (Å²) in [5.41, 5.74) is -0.0783. The van der Waals surface area contributed by atoms with Gasteiger partial charge in [-0.25, -0.2) is 9.97 Å². The molecular formula is C11H19N3O. The van der Waals surface area contributed by atoms with Gasteiger partial charge in [0.05, 0.1) is 5.60 Å². The molecule has 1 rings (SSSR count). The maximum atomic E-state index is 10.2. The van der Waals surface area contributed by atoms with Crippen LogP contribution in [0.1, 0.15) is 32.3 Å². The second kappa shape index (κ2) is 5.78. The van der Waals surface area contributed by atoms with Crippen LogP contribution in [0.25, 0.3) is 0 Å². The van der Waals surface area contributed by atoms with Crippen molar-refractivity contribution in [3.05, 3.63) is 24.3 Å². The molecule has 0 bridgehead atoms. The van der Waals surface area contributed by atoms with E-state index in [0.29, 0.717) is 6.42 Å². The van der Waals surface area contributed by atoms with Crippen LogP contribution in [-0.4, -0.2) is 28.2 Å². The predicted molar refractivity (Wildman–Crippen MR) is 59.4 cm³/mol. The van der Waals surface area contributed by atoms with Crippen molar-refractivity contribution in [2.45, 2.75) is 32.3 Å². The van der Waals surface area contributed by atoms with Crippen LogP contribution in [0, 0.1) is 0 Å². The Bertz CT molecular complexity index is 274. The third kappa shape index (κ3) is 3.93. The summed E-state index contributed by atoms with van der Waals surface area (Å²) in [6.45, 7) is 5.70. The van der Waals surface area contributed by atoms with Crippen LogP contribution in [-0.2, 0) is 5.60 Å². The quantitative estimate of drug-likeness (QED) is 0.688. The largest absolute Gasteiger partial charge is 0.385 e. The molecule has 0 fully saturated rings. The summed E-state index contributed by atoms with van der Waals surface area (Å²) in [5, 5.41) is 13.4. The van der Waals surface area contributed by atoms with E-state index in [1.165, 1.54) is 6.33 Å². The van der Waals surface area contributed by atoms with Gasteiger partial charge >= 0.3 is 0 Å². The minimum Gasteiger partial charge on any atom is -0.385 e. The molecule has 0 aliphatic rings. The van der Waals surface area contributed by atoms with Crippen LogP contribution in [0.5, 0.6) is 0 Å².